The van der Waals surface area contributed by atoms with Gasteiger partial charge < -0.3 is 15.2 Å². The predicted octanol–water partition coefficient (Wildman–Crippen LogP) is 4.76. The van der Waals surface area contributed by atoms with Crippen LogP contribution in [0.25, 0.3) is 10.4 Å². The van der Waals surface area contributed by atoms with Crippen LogP contribution in [0, 0.1) is 25.7 Å². The minimum Gasteiger partial charge on any atom is -0.469 e. The van der Waals surface area contributed by atoms with Gasteiger partial charge >= 0.3 is 5.97 Å². The molecule has 3 aromatic rings. The lowest BCUT2D eigenvalue weighted by Gasteiger charge is -2.37. The SMILES string of the molecule is COC(=O)[C@@H]1CC[C@](O)(c2ncc(-c3cc(C)cc(Nc4nccc(C)n4)c3)s2)C[C@H]1C. The Balaban J connectivity index is 1.56. The minimum atomic E-state index is -1.02. The third-order valence-electron chi connectivity index (χ3n) is 6.04. The smallest absolute Gasteiger partial charge is 0.308 e. The summed E-state index contributed by atoms with van der Waals surface area (Å²) in [5.74, 6) is 0.209. The van der Waals surface area contributed by atoms with E-state index in [4.69, 9.17) is 4.74 Å². The van der Waals surface area contributed by atoms with Crippen LogP contribution in [-0.4, -0.2) is 33.1 Å². The third-order valence-corrected chi connectivity index (χ3v) is 7.28. The Morgan fingerprint density at radius 3 is 2.81 bits per heavy atom. The Hall–Kier alpha value is -2.84. The molecule has 1 saturated carbocycles. The average Bonchev–Trinajstić information content (AvgIpc) is 3.24. The minimum absolute atomic E-state index is 0.0256. The van der Waals surface area contributed by atoms with Crippen LogP contribution in [0.2, 0.25) is 0 Å². The Morgan fingerprint density at radius 2 is 2.09 bits per heavy atom. The summed E-state index contributed by atoms with van der Waals surface area (Å²) in [6, 6.07) is 8.04. The second-order valence-corrected chi connectivity index (χ2v) is 9.68. The molecule has 0 unspecified atom stereocenters. The quantitative estimate of drug-likeness (QED) is 0.539. The van der Waals surface area contributed by atoms with E-state index in [1.807, 2.05) is 45.2 Å². The van der Waals surface area contributed by atoms with E-state index in [2.05, 4.69) is 26.3 Å². The molecular formula is C24H28N4O3S. The summed E-state index contributed by atoms with van der Waals surface area (Å²) in [5, 5.41) is 15.3. The van der Waals surface area contributed by atoms with Crippen molar-refractivity contribution < 1.29 is 14.6 Å². The number of thiazole rings is 1. The van der Waals surface area contributed by atoms with Crippen molar-refractivity contribution in [3.05, 3.63) is 52.9 Å². The summed E-state index contributed by atoms with van der Waals surface area (Å²) in [6.45, 7) is 5.96. The molecule has 0 aliphatic heterocycles. The maximum atomic E-state index is 12.0. The highest BCUT2D eigenvalue weighted by Crippen LogP contribution is 2.45. The highest BCUT2D eigenvalue weighted by molar-refractivity contribution is 7.15. The second kappa shape index (κ2) is 8.96. The van der Waals surface area contributed by atoms with E-state index in [0.29, 0.717) is 30.2 Å². The van der Waals surface area contributed by atoms with E-state index in [9.17, 15) is 9.90 Å². The second-order valence-electron chi connectivity index (χ2n) is 8.65. The van der Waals surface area contributed by atoms with Crippen LogP contribution < -0.4 is 5.32 Å². The number of nitrogens with zero attached hydrogens (tertiary/aromatic N) is 3. The molecule has 32 heavy (non-hydrogen) atoms. The molecule has 0 saturated heterocycles. The lowest BCUT2D eigenvalue weighted by molar-refractivity contribution is -0.151. The van der Waals surface area contributed by atoms with Gasteiger partial charge in [0.05, 0.1) is 17.9 Å². The standard InChI is InChI=1S/C24H28N4O3S/c1-14-9-17(11-18(10-14)28-23-25-8-6-16(3)27-23)20-13-26-22(32-20)24(30)7-5-19(15(2)12-24)21(29)31-4/h6,8-11,13,15,19,30H,5,7,12H2,1-4H3,(H,25,27,28)/t15-,19-,24-/m1/s1. The van der Waals surface area contributed by atoms with E-state index >= 15 is 0 Å². The fourth-order valence-electron chi connectivity index (χ4n) is 4.41. The van der Waals surface area contributed by atoms with Crippen LogP contribution in [0.3, 0.4) is 0 Å². The largest absolute Gasteiger partial charge is 0.469 e. The number of rotatable bonds is 5. The maximum absolute atomic E-state index is 12.0. The van der Waals surface area contributed by atoms with Gasteiger partial charge in [-0.25, -0.2) is 15.0 Å². The monoisotopic (exact) mass is 452 g/mol. The topological polar surface area (TPSA) is 97.2 Å². The van der Waals surface area contributed by atoms with Gasteiger partial charge in [0.1, 0.15) is 10.6 Å². The van der Waals surface area contributed by atoms with E-state index in [1.54, 1.807) is 6.20 Å². The Bertz CT molecular complexity index is 1130. The van der Waals surface area contributed by atoms with Crippen molar-refractivity contribution in [3.63, 3.8) is 0 Å². The molecule has 168 valence electrons. The number of anilines is 2. The normalized spacial score (nSPS) is 23.0. The highest BCUT2D eigenvalue weighted by atomic mass is 32.1. The first-order valence-corrected chi connectivity index (χ1v) is 11.5. The van der Waals surface area contributed by atoms with Gasteiger partial charge in [-0.1, -0.05) is 13.0 Å². The molecule has 8 heteroatoms. The number of hydrogen-bond donors (Lipinski definition) is 2. The summed E-state index contributed by atoms with van der Waals surface area (Å²) in [5.41, 5.74) is 2.88. The molecule has 1 aliphatic carbocycles. The Labute approximate surface area is 191 Å². The van der Waals surface area contributed by atoms with Crippen LogP contribution >= 0.6 is 11.3 Å². The Morgan fingerprint density at radius 1 is 1.28 bits per heavy atom. The maximum Gasteiger partial charge on any atom is 0.308 e. The molecule has 1 aromatic carbocycles. The number of esters is 1. The lowest BCUT2D eigenvalue weighted by atomic mass is 9.72. The molecule has 7 nitrogen and oxygen atoms in total. The zero-order valence-electron chi connectivity index (χ0n) is 18.8. The molecule has 2 aromatic heterocycles. The third kappa shape index (κ3) is 4.66. The molecule has 1 aliphatic rings. The number of benzene rings is 1. The molecule has 1 fully saturated rings. The van der Waals surface area contributed by atoms with Crippen molar-refractivity contribution in [1.82, 2.24) is 15.0 Å². The van der Waals surface area contributed by atoms with Crippen molar-refractivity contribution in [3.8, 4) is 10.4 Å². The zero-order valence-corrected chi connectivity index (χ0v) is 19.6. The van der Waals surface area contributed by atoms with Crippen molar-refractivity contribution in [2.75, 3.05) is 12.4 Å². The fraction of sp³-hybridized carbons (Fsp3) is 0.417. The molecule has 0 radical (unpaired) electrons. The number of aliphatic hydroxyl groups is 1. The first-order chi connectivity index (χ1) is 15.3. The number of ether oxygens (including phenoxy) is 1. The number of carbonyl (C=O) groups is 1. The van der Waals surface area contributed by atoms with Crippen LogP contribution in [0.4, 0.5) is 11.6 Å². The van der Waals surface area contributed by atoms with E-state index < -0.39 is 5.60 Å². The molecule has 2 heterocycles. The van der Waals surface area contributed by atoms with Gasteiger partial charge in [0, 0.05) is 23.8 Å². The number of carbonyl (C=O) groups excluding carboxylic acids is 1. The summed E-state index contributed by atoms with van der Waals surface area (Å²) in [7, 11) is 1.42. The molecule has 4 rings (SSSR count). The molecule has 3 atom stereocenters. The van der Waals surface area contributed by atoms with Crippen molar-refractivity contribution in [2.24, 2.45) is 11.8 Å². The van der Waals surface area contributed by atoms with E-state index in [1.165, 1.54) is 18.4 Å². The first kappa shape index (κ1) is 22.4. The van der Waals surface area contributed by atoms with Crippen LogP contribution in [-0.2, 0) is 15.1 Å². The number of nitrogens with one attached hydrogen (secondary N) is 1. The van der Waals surface area contributed by atoms with Gasteiger partial charge in [-0.15, -0.1) is 11.3 Å². The number of aromatic nitrogens is 3. The number of hydrogen-bond acceptors (Lipinski definition) is 8. The fourth-order valence-corrected chi connectivity index (χ4v) is 5.44. The molecular weight excluding hydrogens is 424 g/mol. The molecule has 0 amide bonds. The average molecular weight is 453 g/mol. The van der Waals surface area contributed by atoms with E-state index in [-0.39, 0.29) is 17.8 Å². The van der Waals surface area contributed by atoms with Gasteiger partial charge in [0.15, 0.2) is 0 Å². The van der Waals surface area contributed by atoms with Gasteiger partial charge in [0.2, 0.25) is 5.95 Å². The molecule has 2 N–H and O–H groups in total. The Kier molecular flexibility index (Phi) is 6.26. The van der Waals surface area contributed by atoms with Crippen LogP contribution in [0.5, 0.6) is 0 Å². The summed E-state index contributed by atoms with van der Waals surface area (Å²) in [6.07, 6.45) is 5.12. The van der Waals surface area contributed by atoms with Crippen LogP contribution in [0.1, 0.15) is 42.5 Å². The first-order valence-electron chi connectivity index (χ1n) is 10.7. The highest BCUT2D eigenvalue weighted by Gasteiger charge is 2.43. The predicted molar refractivity (Wildman–Crippen MR) is 125 cm³/mol. The molecule has 0 bridgehead atoms. The summed E-state index contributed by atoms with van der Waals surface area (Å²) in [4.78, 5) is 26.2. The van der Waals surface area contributed by atoms with E-state index in [0.717, 1.165) is 27.4 Å². The lowest BCUT2D eigenvalue weighted by Crippen LogP contribution is -2.39. The van der Waals surface area contributed by atoms with Crippen molar-refractivity contribution >= 4 is 28.9 Å². The van der Waals surface area contributed by atoms with Gasteiger partial charge in [-0.2, -0.15) is 0 Å². The van der Waals surface area contributed by atoms with Gasteiger partial charge in [-0.05, 0) is 68.4 Å². The number of methoxy groups -OCH3 is 1. The zero-order chi connectivity index (χ0) is 22.9. The number of aryl methyl sites for hydroxylation is 2. The summed E-state index contributed by atoms with van der Waals surface area (Å²) < 4.78 is 4.92. The summed E-state index contributed by atoms with van der Waals surface area (Å²) >= 11 is 1.50. The van der Waals surface area contributed by atoms with Gasteiger partial charge in [0.25, 0.3) is 0 Å². The van der Waals surface area contributed by atoms with Gasteiger partial charge in [-0.3, -0.25) is 4.79 Å². The van der Waals surface area contributed by atoms with Crippen molar-refractivity contribution in [2.45, 2.75) is 45.6 Å². The van der Waals surface area contributed by atoms with Crippen molar-refractivity contribution in [1.29, 1.82) is 0 Å². The van der Waals surface area contributed by atoms with Crippen LogP contribution in [0.15, 0.2) is 36.7 Å². The molecule has 0 spiro atoms.